The number of fused-ring (bicyclic) bond motifs is 1. The molecule has 0 unspecified atom stereocenters. The smallest absolute Gasteiger partial charge is 0.241 e. The molecular formula is C27H23FN4O5S. The maximum atomic E-state index is 15.4. The molecule has 9 nitrogen and oxygen atoms in total. The van der Waals surface area contributed by atoms with E-state index in [1.54, 1.807) is 41.4 Å². The molecule has 2 aromatic carbocycles. The van der Waals surface area contributed by atoms with Gasteiger partial charge < -0.3 is 20.1 Å². The predicted molar refractivity (Wildman–Crippen MR) is 142 cm³/mol. The van der Waals surface area contributed by atoms with E-state index in [1.165, 1.54) is 35.5 Å². The molecule has 4 aromatic rings. The number of pyridine rings is 1. The zero-order valence-electron chi connectivity index (χ0n) is 20.3. The fraction of sp³-hybridized carbons (Fsp3) is 0.185. The van der Waals surface area contributed by atoms with Crippen molar-refractivity contribution in [1.29, 1.82) is 0 Å². The number of hydrogen-bond acceptors (Lipinski definition) is 7. The maximum absolute atomic E-state index is 15.4. The Hall–Kier alpha value is -4.51. The third-order valence-corrected chi connectivity index (χ3v) is 7.16. The molecule has 2 aromatic heterocycles. The number of para-hydroxylation sites is 2. The van der Waals surface area contributed by atoms with E-state index in [9.17, 15) is 14.4 Å². The summed E-state index contributed by atoms with van der Waals surface area (Å²) in [5, 5.41) is 0.766. The van der Waals surface area contributed by atoms with Crippen LogP contribution in [0.1, 0.15) is 19.3 Å². The molecule has 5 rings (SSSR count). The van der Waals surface area contributed by atoms with Crippen molar-refractivity contribution in [2.24, 2.45) is 5.73 Å². The van der Waals surface area contributed by atoms with E-state index in [1.807, 2.05) is 6.07 Å². The molecule has 0 atom stereocenters. The average molecular weight is 535 g/mol. The number of aromatic nitrogens is 1. The molecule has 1 aliphatic heterocycles. The lowest BCUT2D eigenvalue weighted by Gasteiger charge is -2.24. The highest BCUT2D eigenvalue weighted by molar-refractivity contribution is 7.23. The van der Waals surface area contributed by atoms with Crippen molar-refractivity contribution < 1.29 is 28.2 Å². The van der Waals surface area contributed by atoms with Crippen molar-refractivity contribution in [3.8, 4) is 17.2 Å². The van der Waals surface area contributed by atoms with Crippen LogP contribution in [0, 0.1) is 5.82 Å². The van der Waals surface area contributed by atoms with Crippen LogP contribution in [0.3, 0.4) is 0 Å². The van der Waals surface area contributed by atoms with Crippen molar-refractivity contribution in [3.05, 3.63) is 66.6 Å². The summed E-state index contributed by atoms with van der Waals surface area (Å²) in [4.78, 5) is 43.9. The molecule has 0 saturated carbocycles. The topological polar surface area (TPSA) is 115 Å². The maximum Gasteiger partial charge on any atom is 0.241 e. The number of benzene rings is 2. The molecule has 3 amide bonds. The van der Waals surface area contributed by atoms with Gasteiger partial charge in [-0.05, 0) is 36.8 Å². The minimum absolute atomic E-state index is 0.0612. The van der Waals surface area contributed by atoms with E-state index in [2.05, 4.69) is 4.98 Å². The van der Waals surface area contributed by atoms with E-state index in [4.69, 9.17) is 15.2 Å². The summed E-state index contributed by atoms with van der Waals surface area (Å²) in [6, 6.07) is 14.2. The first-order chi connectivity index (χ1) is 18.4. The number of primary amides is 1. The SMILES string of the molecule is COc1ccccc1N(C(=O)CC(N)=O)c1ccc(Oc2ccnc3cc(N4CCCC4=O)sc23)c(F)c1. The normalized spacial score (nSPS) is 13.1. The molecule has 0 radical (unpaired) electrons. The molecule has 38 heavy (non-hydrogen) atoms. The number of methoxy groups -OCH3 is 1. The van der Waals surface area contributed by atoms with Crippen LogP contribution in [-0.2, 0) is 14.4 Å². The molecule has 0 spiro atoms. The molecule has 0 aliphatic carbocycles. The lowest BCUT2D eigenvalue weighted by Crippen LogP contribution is -2.30. The second kappa shape index (κ2) is 10.5. The second-order valence-corrected chi connectivity index (χ2v) is 9.55. The number of rotatable bonds is 8. The minimum atomic E-state index is -0.817. The van der Waals surface area contributed by atoms with Gasteiger partial charge in [0.15, 0.2) is 11.6 Å². The van der Waals surface area contributed by atoms with Crippen LogP contribution in [0.25, 0.3) is 10.2 Å². The highest BCUT2D eigenvalue weighted by Crippen LogP contribution is 2.41. The Balaban J connectivity index is 1.48. The number of carbonyl (C=O) groups is 3. The number of amides is 3. The van der Waals surface area contributed by atoms with Gasteiger partial charge in [0.2, 0.25) is 17.7 Å². The largest absolute Gasteiger partial charge is 0.495 e. The molecule has 11 heteroatoms. The van der Waals surface area contributed by atoms with Gasteiger partial charge in [0, 0.05) is 31.3 Å². The van der Waals surface area contributed by atoms with Crippen LogP contribution in [0.2, 0.25) is 0 Å². The summed E-state index contributed by atoms with van der Waals surface area (Å²) in [5.74, 6) is -1.46. The summed E-state index contributed by atoms with van der Waals surface area (Å²) in [6.45, 7) is 0.648. The monoisotopic (exact) mass is 534 g/mol. The second-order valence-electron chi connectivity index (χ2n) is 8.52. The molecule has 3 heterocycles. The third-order valence-electron chi connectivity index (χ3n) is 6.00. The number of ether oxygens (including phenoxy) is 2. The molecule has 1 aliphatic rings. The predicted octanol–water partition coefficient (Wildman–Crippen LogP) is 4.90. The highest BCUT2D eigenvalue weighted by atomic mass is 32.1. The van der Waals surface area contributed by atoms with E-state index in [-0.39, 0.29) is 17.3 Å². The number of hydrogen-bond donors (Lipinski definition) is 1. The Morgan fingerprint density at radius 2 is 1.95 bits per heavy atom. The Morgan fingerprint density at radius 3 is 2.66 bits per heavy atom. The van der Waals surface area contributed by atoms with Crippen LogP contribution < -0.4 is 25.0 Å². The van der Waals surface area contributed by atoms with Gasteiger partial charge in [0.05, 0.1) is 28.7 Å². The summed E-state index contributed by atoms with van der Waals surface area (Å²) in [7, 11) is 1.44. The number of carbonyl (C=O) groups excluding carboxylic acids is 3. The van der Waals surface area contributed by atoms with Gasteiger partial charge in [-0.2, -0.15) is 0 Å². The fourth-order valence-electron chi connectivity index (χ4n) is 4.29. The standard InChI is InChI=1S/C27H23FN4O5S/c1-36-21-6-3-2-5-19(21)32(25(35)15-23(29)33)16-8-9-20(17(28)13-16)37-22-10-11-30-18-14-26(38-27(18)22)31-12-4-7-24(31)34/h2-3,5-6,8-11,13-14H,4,7,12,15H2,1H3,(H2,29,33). The van der Waals surface area contributed by atoms with Crippen LogP contribution in [0.5, 0.6) is 17.2 Å². The van der Waals surface area contributed by atoms with E-state index < -0.39 is 24.1 Å². The first-order valence-electron chi connectivity index (χ1n) is 11.8. The lowest BCUT2D eigenvalue weighted by molar-refractivity contribution is -0.125. The highest BCUT2D eigenvalue weighted by Gasteiger charge is 2.26. The van der Waals surface area contributed by atoms with E-state index in [0.717, 1.165) is 17.5 Å². The summed E-state index contributed by atoms with van der Waals surface area (Å²) in [6.07, 6.45) is 2.29. The Morgan fingerprint density at radius 1 is 1.13 bits per heavy atom. The molecule has 0 bridgehead atoms. The van der Waals surface area contributed by atoms with Crippen molar-refractivity contribution in [3.63, 3.8) is 0 Å². The van der Waals surface area contributed by atoms with Crippen molar-refractivity contribution in [1.82, 2.24) is 4.98 Å². The van der Waals surface area contributed by atoms with Gasteiger partial charge in [-0.25, -0.2) is 4.39 Å². The quantitative estimate of drug-likeness (QED) is 0.322. The number of nitrogens with zero attached hydrogens (tertiary/aromatic N) is 3. The minimum Gasteiger partial charge on any atom is -0.495 e. The van der Waals surface area contributed by atoms with Gasteiger partial charge in [-0.15, -0.1) is 11.3 Å². The molecule has 1 fully saturated rings. The van der Waals surface area contributed by atoms with Gasteiger partial charge in [0.1, 0.15) is 22.9 Å². The van der Waals surface area contributed by atoms with Gasteiger partial charge in [0.25, 0.3) is 0 Å². The molecular weight excluding hydrogens is 511 g/mol. The fourth-order valence-corrected chi connectivity index (χ4v) is 5.40. The first-order valence-corrected chi connectivity index (χ1v) is 12.6. The van der Waals surface area contributed by atoms with Crippen molar-refractivity contribution in [2.75, 3.05) is 23.5 Å². The van der Waals surface area contributed by atoms with Crippen molar-refractivity contribution in [2.45, 2.75) is 19.3 Å². The third kappa shape index (κ3) is 4.88. The Bertz CT molecular complexity index is 1560. The van der Waals surface area contributed by atoms with Crippen LogP contribution >= 0.6 is 11.3 Å². The molecule has 194 valence electrons. The number of nitrogens with two attached hydrogens (primary N) is 1. The Kier molecular flexibility index (Phi) is 6.93. The van der Waals surface area contributed by atoms with Gasteiger partial charge >= 0.3 is 0 Å². The van der Waals surface area contributed by atoms with E-state index >= 15 is 4.39 Å². The van der Waals surface area contributed by atoms with Gasteiger partial charge in [-0.3, -0.25) is 24.3 Å². The van der Waals surface area contributed by atoms with Gasteiger partial charge in [-0.1, -0.05) is 12.1 Å². The van der Waals surface area contributed by atoms with E-state index in [0.29, 0.717) is 40.4 Å². The zero-order valence-corrected chi connectivity index (χ0v) is 21.2. The average Bonchev–Trinajstić information content (AvgIpc) is 3.52. The van der Waals surface area contributed by atoms with Crippen molar-refractivity contribution >= 4 is 55.7 Å². The van der Waals surface area contributed by atoms with Crippen LogP contribution in [-0.4, -0.2) is 36.4 Å². The molecule has 1 saturated heterocycles. The summed E-state index contributed by atoms with van der Waals surface area (Å²) < 4.78 is 27.3. The number of halogens is 1. The van der Waals surface area contributed by atoms with Crippen LogP contribution in [0.15, 0.2) is 60.8 Å². The summed E-state index contributed by atoms with van der Waals surface area (Å²) in [5.41, 5.74) is 6.38. The molecule has 2 N–H and O–H groups in total. The first kappa shape index (κ1) is 25.2. The number of thiophene rings is 1. The lowest BCUT2D eigenvalue weighted by atomic mass is 10.2. The zero-order chi connectivity index (χ0) is 26.8. The Labute approximate surface area is 221 Å². The number of anilines is 3. The van der Waals surface area contributed by atoms with Crippen LogP contribution in [0.4, 0.5) is 20.8 Å². The summed E-state index contributed by atoms with van der Waals surface area (Å²) >= 11 is 1.35.